The molecule has 3 unspecified atom stereocenters. The van der Waals surface area contributed by atoms with Crippen molar-refractivity contribution in [3.8, 4) is 0 Å². The summed E-state index contributed by atoms with van der Waals surface area (Å²) in [5.41, 5.74) is 4.05. The quantitative estimate of drug-likeness (QED) is 0.650. The van der Waals surface area contributed by atoms with Crippen LogP contribution in [-0.4, -0.2) is 12.7 Å². The lowest BCUT2D eigenvalue weighted by atomic mass is 9.89. The first-order chi connectivity index (χ1) is 8.54. The van der Waals surface area contributed by atoms with E-state index in [1.54, 1.807) is 0 Å². The number of rotatable bonds is 3. The van der Waals surface area contributed by atoms with Crippen molar-refractivity contribution in [2.45, 2.75) is 44.5 Å². The predicted octanol–water partition coefficient (Wildman–Crippen LogP) is 5.32. The highest BCUT2D eigenvalue weighted by Gasteiger charge is 2.33. The van der Waals surface area contributed by atoms with Crippen molar-refractivity contribution in [1.82, 2.24) is 0 Å². The molecule has 0 amide bonds. The molecule has 1 saturated heterocycles. The zero-order valence-electron chi connectivity index (χ0n) is 11.2. The fourth-order valence-corrected chi connectivity index (χ4v) is 4.31. The Morgan fingerprint density at radius 3 is 2.72 bits per heavy atom. The molecule has 1 aliphatic rings. The van der Waals surface area contributed by atoms with E-state index in [1.807, 2.05) is 0 Å². The Hall–Kier alpha value is 0.140. The van der Waals surface area contributed by atoms with Gasteiger partial charge in [0.2, 0.25) is 0 Å². The van der Waals surface area contributed by atoms with E-state index in [9.17, 15) is 0 Å². The lowest BCUT2D eigenvalue weighted by Crippen LogP contribution is -2.19. The molecule has 18 heavy (non-hydrogen) atoms. The zero-order valence-corrected chi connectivity index (χ0v) is 14.3. The monoisotopic (exact) mass is 374 g/mol. The van der Waals surface area contributed by atoms with Crippen LogP contribution in [0.2, 0.25) is 0 Å². The third-order valence-corrected chi connectivity index (χ3v) is 5.91. The lowest BCUT2D eigenvalue weighted by molar-refractivity contribution is 0.0872. The van der Waals surface area contributed by atoms with Gasteiger partial charge in [-0.15, -0.1) is 0 Å². The molecule has 0 aliphatic carbocycles. The number of halogens is 2. The van der Waals surface area contributed by atoms with Crippen LogP contribution < -0.4 is 0 Å². The number of benzene rings is 1. The fourth-order valence-electron chi connectivity index (χ4n) is 2.75. The van der Waals surface area contributed by atoms with Crippen LogP contribution in [0.25, 0.3) is 0 Å². The molecule has 2 rings (SSSR count). The smallest absolute Gasteiger partial charge is 0.0615 e. The molecule has 0 N–H and O–H groups in total. The molecule has 100 valence electrons. The SMILES string of the molecule is CCC1OCCC1C(Br)c1cc(C)c(Br)cc1C. The topological polar surface area (TPSA) is 9.23 Å². The minimum absolute atomic E-state index is 0.400. The van der Waals surface area contributed by atoms with Crippen molar-refractivity contribution < 1.29 is 4.74 Å². The Bertz CT molecular complexity index is 431. The summed E-state index contributed by atoms with van der Waals surface area (Å²) in [6.45, 7) is 7.45. The predicted molar refractivity (Wildman–Crippen MR) is 83.4 cm³/mol. The van der Waals surface area contributed by atoms with Crippen LogP contribution in [0, 0.1) is 19.8 Å². The molecular weight excluding hydrogens is 356 g/mol. The van der Waals surface area contributed by atoms with Crippen molar-refractivity contribution in [2.75, 3.05) is 6.61 Å². The summed E-state index contributed by atoms with van der Waals surface area (Å²) in [6.07, 6.45) is 2.65. The Balaban J connectivity index is 2.28. The van der Waals surface area contributed by atoms with Crippen molar-refractivity contribution in [2.24, 2.45) is 5.92 Å². The second kappa shape index (κ2) is 6.06. The van der Waals surface area contributed by atoms with Crippen LogP contribution in [-0.2, 0) is 4.74 Å². The van der Waals surface area contributed by atoms with Crippen LogP contribution in [0.15, 0.2) is 16.6 Å². The molecule has 0 saturated carbocycles. The zero-order chi connectivity index (χ0) is 13.3. The van der Waals surface area contributed by atoms with Gasteiger partial charge in [-0.3, -0.25) is 0 Å². The van der Waals surface area contributed by atoms with Crippen LogP contribution in [0.5, 0.6) is 0 Å². The maximum atomic E-state index is 5.81. The minimum Gasteiger partial charge on any atom is -0.378 e. The molecule has 3 heteroatoms. The van der Waals surface area contributed by atoms with Gasteiger partial charge in [0.15, 0.2) is 0 Å². The Morgan fingerprint density at radius 1 is 1.33 bits per heavy atom. The molecule has 0 bridgehead atoms. The van der Waals surface area contributed by atoms with Crippen molar-refractivity contribution in [3.05, 3.63) is 33.3 Å². The third-order valence-electron chi connectivity index (χ3n) is 3.88. The first kappa shape index (κ1) is 14.5. The normalized spacial score (nSPS) is 25.4. The van der Waals surface area contributed by atoms with Gasteiger partial charge in [0.25, 0.3) is 0 Å². The minimum atomic E-state index is 0.400. The highest BCUT2D eigenvalue weighted by molar-refractivity contribution is 9.10. The van der Waals surface area contributed by atoms with Crippen molar-refractivity contribution in [1.29, 1.82) is 0 Å². The highest BCUT2D eigenvalue weighted by Crippen LogP contribution is 2.42. The fraction of sp³-hybridized carbons (Fsp3) is 0.600. The van der Waals surface area contributed by atoms with Crippen LogP contribution in [0.3, 0.4) is 0 Å². The molecule has 1 fully saturated rings. The van der Waals surface area contributed by atoms with Crippen LogP contribution in [0.1, 0.15) is 41.3 Å². The van der Waals surface area contributed by atoms with E-state index < -0.39 is 0 Å². The molecule has 0 radical (unpaired) electrons. The molecule has 3 atom stereocenters. The summed E-state index contributed by atoms with van der Waals surface area (Å²) in [5.74, 6) is 0.592. The summed E-state index contributed by atoms with van der Waals surface area (Å²) in [4.78, 5) is 0.400. The van der Waals surface area contributed by atoms with Gasteiger partial charge in [-0.1, -0.05) is 44.8 Å². The second-order valence-electron chi connectivity index (χ2n) is 5.13. The van der Waals surface area contributed by atoms with Gasteiger partial charge >= 0.3 is 0 Å². The van der Waals surface area contributed by atoms with E-state index in [0.717, 1.165) is 19.4 Å². The van der Waals surface area contributed by atoms with Gasteiger partial charge in [0.05, 0.1) is 6.10 Å². The molecule has 1 heterocycles. The molecule has 1 aromatic carbocycles. The first-order valence-corrected chi connectivity index (χ1v) is 8.27. The number of hydrogen-bond donors (Lipinski definition) is 0. The highest BCUT2D eigenvalue weighted by atomic mass is 79.9. The van der Waals surface area contributed by atoms with Gasteiger partial charge in [-0.25, -0.2) is 0 Å². The standard InChI is InChI=1S/C15H20Br2O/c1-4-14-11(5-6-18-14)15(17)12-7-10(3)13(16)8-9(12)2/h7-8,11,14-15H,4-6H2,1-3H3. The van der Waals surface area contributed by atoms with E-state index in [4.69, 9.17) is 4.74 Å². The average Bonchev–Trinajstić information content (AvgIpc) is 2.81. The summed E-state index contributed by atoms with van der Waals surface area (Å²) >= 11 is 7.51. The molecule has 1 aliphatic heterocycles. The number of aryl methyl sites for hydroxylation is 2. The largest absolute Gasteiger partial charge is 0.378 e. The summed E-state index contributed by atoms with van der Waals surface area (Å²) in [7, 11) is 0. The summed E-state index contributed by atoms with van der Waals surface area (Å²) in [6, 6.07) is 4.51. The van der Waals surface area contributed by atoms with Gasteiger partial charge in [-0.2, -0.15) is 0 Å². The molecule has 1 aromatic rings. The number of alkyl halides is 1. The van der Waals surface area contributed by atoms with Gasteiger partial charge in [0.1, 0.15) is 0 Å². The third kappa shape index (κ3) is 2.83. The second-order valence-corrected chi connectivity index (χ2v) is 6.97. The van der Waals surface area contributed by atoms with Crippen LogP contribution in [0.4, 0.5) is 0 Å². The van der Waals surface area contributed by atoms with Crippen molar-refractivity contribution >= 4 is 31.9 Å². The first-order valence-electron chi connectivity index (χ1n) is 6.57. The average molecular weight is 376 g/mol. The summed E-state index contributed by atoms with van der Waals surface area (Å²) < 4.78 is 7.00. The Morgan fingerprint density at radius 2 is 2.06 bits per heavy atom. The van der Waals surface area contributed by atoms with E-state index >= 15 is 0 Å². The number of ether oxygens (including phenoxy) is 1. The Kier molecular flexibility index (Phi) is 4.90. The van der Waals surface area contributed by atoms with Crippen molar-refractivity contribution in [3.63, 3.8) is 0 Å². The van der Waals surface area contributed by atoms with Gasteiger partial charge < -0.3 is 4.74 Å². The van der Waals surface area contributed by atoms with E-state index in [2.05, 4.69) is 64.8 Å². The molecular formula is C15H20Br2O. The van der Waals surface area contributed by atoms with E-state index in [0.29, 0.717) is 16.8 Å². The lowest BCUT2D eigenvalue weighted by Gasteiger charge is -2.24. The molecule has 0 spiro atoms. The van der Waals surface area contributed by atoms with Gasteiger partial charge in [0, 0.05) is 21.8 Å². The molecule has 1 nitrogen and oxygen atoms in total. The van der Waals surface area contributed by atoms with E-state index in [-0.39, 0.29) is 0 Å². The maximum absolute atomic E-state index is 5.81. The number of hydrogen-bond acceptors (Lipinski definition) is 1. The van der Waals surface area contributed by atoms with Crippen LogP contribution >= 0.6 is 31.9 Å². The summed E-state index contributed by atoms with van der Waals surface area (Å²) in [5, 5.41) is 0. The maximum Gasteiger partial charge on any atom is 0.0615 e. The van der Waals surface area contributed by atoms with E-state index in [1.165, 1.54) is 21.2 Å². The van der Waals surface area contributed by atoms with Gasteiger partial charge in [-0.05, 0) is 49.4 Å². The Labute approximate surface area is 127 Å². The molecule has 0 aromatic heterocycles.